The predicted molar refractivity (Wildman–Crippen MR) is 77.3 cm³/mol. The van der Waals surface area contributed by atoms with Crippen LogP contribution in [0.5, 0.6) is 0 Å². The molecular weight excluding hydrogens is 280 g/mol. The first-order valence-electron chi connectivity index (χ1n) is 5.72. The standard InChI is InChI=1S/C13H21BrN2O/c1-13(2,6-7-17-3)9-16-12-5-4-10(14)8-11(12)15/h4-5,8,16H,6-7,9,15H2,1-3H3. The number of nitrogen functional groups attached to an aromatic ring is 1. The number of nitrogens with two attached hydrogens (primary N) is 1. The third-order valence-electron chi connectivity index (χ3n) is 2.75. The van der Waals surface area contributed by atoms with E-state index < -0.39 is 0 Å². The molecule has 0 aliphatic heterocycles. The molecule has 0 unspecified atom stereocenters. The van der Waals surface area contributed by atoms with Crippen LogP contribution in [0.1, 0.15) is 20.3 Å². The summed E-state index contributed by atoms with van der Waals surface area (Å²) in [5, 5.41) is 3.39. The summed E-state index contributed by atoms with van der Waals surface area (Å²) in [4.78, 5) is 0. The van der Waals surface area contributed by atoms with Gasteiger partial charge in [0.2, 0.25) is 0 Å². The Kier molecular flexibility index (Phi) is 5.28. The van der Waals surface area contributed by atoms with Crippen LogP contribution in [0.4, 0.5) is 11.4 Å². The number of rotatable bonds is 6. The van der Waals surface area contributed by atoms with Gasteiger partial charge in [0.05, 0.1) is 11.4 Å². The average Bonchev–Trinajstić information content (AvgIpc) is 2.25. The first kappa shape index (κ1) is 14.3. The van der Waals surface area contributed by atoms with E-state index in [1.54, 1.807) is 7.11 Å². The maximum Gasteiger partial charge on any atom is 0.0574 e. The molecule has 1 aromatic carbocycles. The van der Waals surface area contributed by atoms with Crippen molar-refractivity contribution in [3.05, 3.63) is 22.7 Å². The highest BCUT2D eigenvalue weighted by Crippen LogP contribution is 2.26. The Morgan fingerprint density at radius 2 is 2.12 bits per heavy atom. The normalized spacial score (nSPS) is 11.5. The fourth-order valence-corrected chi connectivity index (χ4v) is 1.87. The highest BCUT2D eigenvalue weighted by molar-refractivity contribution is 9.10. The van der Waals surface area contributed by atoms with Gasteiger partial charge in [0, 0.05) is 24.7 Å². The van der Waals surface area contributed by atoms with Crippen molar-refractivity contribution in [2.45, 2.75) is 20.3 Å². The summed E-state index contributed by atoms with van der Waals surface area (Å²) in [6.45, 7) is 6.09. The van der Waals surface area contributed by atoms with Gasteiger partial charge in [0.1, 0.15) is 0 Å². The van der Waals surface area contributed by atoms with Gasteiger partial charge in [-0.1, -0.05) is 29.8 Å². The molecule has 0 fully saturated rings. The molecule has 0 saturated carbocycles. The molecule has 1 rings (SSSR count). The van der Waals surface area contributed by atoms with Crippen LogP contribution in [-0.4, -0.2) is 20.3 Å². The van der Waals surface area contributed by atoms with Crippen molar-refractivity contribution in [1.29, 1.82) is 0 Å². The van der Waals surface area contributed by atoms with Crippen molar-refractivity contribution >= 4 is 27.3 Å². The van der Waals surface area contributed by atoms with Crippen molar-refractivity contribution in [2.75, 3.05) is 31.3 Å². The molecule has 96 valence electrons. The van der Waals surface area contributed by atoms with Crippen molar-refractivity contribution in [3.63, 3.8) is 0 Å². The zero-order valence-electron chi connectivity index (χ0n) is 10.7. The Balaban J connectivity index is 2.54. The van der Waals surface area contributed by atoms with E-state index >= 15 is 0 Å². The molecule has 4 heteroatoms. The summed E-state index contributed by atoms with van der Waals surface area (Å²) >= 11 is 3.40. The number of hydrogen-bond donors (Lipinski definition) is 2. The van der Waals surface area contributed by atoms with Crippen LogP contribution in [-0.2, 0) is 4.74 Å². The zero-order chi connectivity index (χ0) is 12.9. The Labute approximate surface area is 112 Å². The Bertz CT molecular complexity index is 366. The van der Waals surface area contributed by atoms with Gasteiger partial charge in [-0.3, -0.25) is 0 Å². The Hall–Kier alpha value is -0.740. The summed E-state index contributed by atoms with van der Waals surface area (Å²) in [6, 6.07) is 5.89. The predicted octanol–water partition coefficient (Wildman–Crippen LogP) is 3.51. The van der Waals surface area contributed by atoms with E-state index in [0.29, 0.717) is 0 Å². The maximum atomic E-state index is 5.93. The smallest absolute Gasteiger partial charge is 0.0574 e. The summed E-state index contributed by atoms with van der Waals surface area (Å²) in [6.07, 6.45) is 1.02. The van der Waals surface area contributed by atoms with E-state index in [9.17, 15) is 0 Å². The van der Waals surface area contributed by atoms with E-state index in [2.05, 4.69) is 35.1 Å². The fourth-order valence-electron chi connectivity index (χ4n) is 1.50. The number of hydrogen-bond acceptors (Lipinski definition) is 3. The number of ether oxygens (including phenoxy) is 1. The maximum absolute atomic E-state index is 5.93. The minimum atomic E-state index is 0.190. The van der Waals surface area contributed by atoms with Gasteiger partial charge < -0.3 is 15.8 Å². The van der Waals surface area contributed by atoms with Gasteiger partial charge in [-0.05, 0) is 30.0 Å². The number of benzene rings is 1. The molecule has 0 aliphatic carbocycles. The van der Waals surface area contributed by atoms with Gasteiger partial charge in [0.25, 0.3) is 0 Å². The lowest BCUT2D eigenvalue weighted by molar-refractivity contribution is 0.157. The SMILES string of the molecule is COCCC(C)(C)CNc1ccc(Br)cc1N. The summed E-state index contributed by atoms with van der Waals surface area (Å²) in [5.74, 6) is 0. The van der Waals surface area contributed by atoms with Crippen LogP contribution in [0.3, 0.4) is 0 Å². The molecule has 0 amide bonds. The molecule has 0 bridgehead atoms. The van der Waals surface area contributed by atoms with Crippen molar-refractivity contribution in [2.24, 2.45) is 5.41 Å². The van der Waals surface area contributed by atoms with E-state index in [-0.39, 0.29) is 5.41 Å². The highest BCUT2D eigenvalue weighted by atomic mass is 79.9. The third kappa shape index (κ3) is 4.96. The second-order valence-corrected chi connectivity index (χ2v) is 5.91. The van der Waals surface area contributed by atoms with Crippen LogP contribution in [0.2, 0.25) is 0 Å². The van der Waals surface area contributed by atoms with Crippen LogP contribution in [0.25, 0.3) is 0 Å². The van der Waals surface area contributed by atoms with E-state index in [4.69, 9.17) is 10.5 Å². The van der Waals surface area contributed by atoms with Crippen LogP contribution >= 0.6 is 15.9 Å². The highest BCUT2D eigenvalue weighted by Gasteiger charge is 2.17. The lowest BCUT2D eigenvalue weighted by Gasteiger charge is -2.25. The quantitative estimate of drug-likeness (QED) is 0.791. The first-order valence-corrected chi connectivity index (χ1v) is 6.52. The lowest BCUT2D eigenvalue weighted by Crippen LogP contribution is -2.24. The summed E-state index contributed by atoms with van der Waals surface area (Å²) in [5.41, 5.74) is 7.87. The molecule has 0 aromatic heterocycles. The van der Waals surface area contributed by atoms with Gasteiger partial charge in [-0.15, -0.1) is 0 Å². The van der Waals surface area contributed by atoms with E-state index in [0.717, 1.165) is 35.4 Å². The molecule has 0 radical (unpaired) electrons. The molecule has 3 N–H and O–H groups in total. The monoisotopic (exact) mass is 300 g/mol. The molecule has 0 heterocycles. The van der Waals surface area contributed by atoms with E-state index in [1.165, 1.54) is 0 Å². The zero-order valence-corrected chi connectivity index (χ0v) is 12.3. The minimum absolute atomic E-state index is 0.190. The fraction of sp³-hybridized carbons (Fsp3) is 0.538. The third-order valence-corrected chi connectivity index (χ3v) is 3.25. The number of anilines is 2. The van der Waals surface area contributed by atoms with Gasteiger partial charge >= 0.3 is 0 Å². The molecule has 0 aliphatic rings. The molecule has 0 saturated heterocycles. The average molecular weight is 301 g/mol. The van der Waals surface area contributed by atoms with Gasteiger partial charge in [-0.2, -0.15) is 0 Å². The number of methoxy groups -OCH3 is 1. The lowest BCUT2D eigenvalue weighted by atomic mass is 9.89. The second-order valence-electron chi connectivity index (χ2n) is 4.99. The molecule has 0 atom stereocenters. The molecule has 3 nitrogen and oxygen atoms in total. The molecule has 1 aromatic rings. The van der Waals surface area contributed by atoms with Crippen molar-refractivity contribution in [3.8, 4) is 0 Å². The van der Waals surface area contributed by atoms with Crippen LogP contribution in [0.15, 0.2) is 22.7 Å². The minimum Gasteiger partial charge on any atom is -0.397 e. The molecule has 17 heavy (non-hydrogen) atoms. The van der Waals surface area contributed by atoms with Crippen molar-refractivity contribution < 1.29 is 4.74 Å². The molecular formula is C13H21BrN2O. The first-order chi connectivity index (χ1) is 7.94. The van der Waals surface area contributed by atoms with Gasteiger partial charge in [0.15, 0.2) is 0 Å². The van der Waals surface area contributed by atoms with Crippen molar-refractivity contribution in [1.82, 2.24) is 0 Å². The van der Waals surface area contributed by atoms with E-state index in [1.807, 2.05) is 18.2 Å². The number of nitrogens with one attached hydrogen (secondary N) is 1. The summed E-state index contributed by atoms with van der Waals surface area (Å²) in [7, 11) is 1.73. The second kappa shape index (κ2) is 6.26. The Morgan fingerprint density at radius 1 is 1.41 bits per heavy atom. The topological polar surface area (TPSA) is 47.3 Å². The molecule has 0 spiro atoms. The van der Waals surface area contributed by atoms with Crippen LogP contribution < -0.4 is 11.1 Å². The Morgan fingerprint density at radius 3 is 2.71 bits per heavy atom. The largest absolute Gasteiger partial charge is 0.397 e. The summed E-state index contributed by atoms with van der Waals surface area (Å²) < 4.78 is 6.11. The van der Waals surface area contributed by atoms with Crippen LogP contribution in [0, 0.1) is 5.41 Å². The van der Waals surface area contributed by atoms with Gasteiger partial charge in [-0.25, -0.2) is 0 Å². The number of halogens is 1.